The molecule has 1 heterocycles. The van der Waals surface area contributed by atoms with Crippen LogP contribution in [0.15, 0.2) is 29.4 Å². The van der Waals surface area contributed by atoms with Crippen LogP contribution in [0.3, 0.4) is 0 Å². The molecule has 0 aliphatic heterocycles. The number of hydrogen-bond donors (Lipinski definition) is 2. The van der Waals surface area contributed by atoms with Gasteiger partial charge in [0.25, 0.3) is 0 Å². The predicted molar refractivity (Wildman–Crippen MR) is 74.5 cm³/mol. The summed E-state index contributed by atoms with van der Waals surface area (Å²) < 4.78 is 26.2. The number of nitrogens with zero attached hydrogens (tertiary/aromatic N) is 1. The minimum absolute atomic E-state index is 0.0149. The van der Waals surface area contributed by atoms with Crippen molar-refractivity contribution in [3.8, 4) is 0 Å². The molecule has 0 bridgehead atoms. The molecule has 0 spiro atoms. The lowest BCUT2D eigenvalue weighted by molar-refractivity contribution is -0.131. The van der Waals surface area contributed by atoms with E-state index in [9.17, 15) is 13.2 Å². The largest absolute Gasteiger partial charge is 0.478 e. The molecule has 0 radical (unpaired) electrons. The van der Waals surface area contributed by atoms with Gasteiger partial charge in [-0.25, -0.2) is 17.9 Å². The molecule has 0 saturated carbocycles. The Morgan fingerprint density at radius 3 is 2.89 bits per heavy atom. The highest BCUT2D eigenvalue weighted by Gasteiger charge is 2.13. The third-order valence-electron chi connectivity index (χ3n) is 2.06. The van der Waals surface area contributed by atoms with Gasteiger partial charge in [0.2, 0.25) is 10.0 Å². The van der Waals surface area contributed by atoms with E-state index in [0.717, 1.165) is 6.08 Å². The van der Waals surface area contributed by atoms with Crippen LogP contribution in [-0.2, 0) is 14.8 Å². The number of aliphatic carboxylic acids is 1. The fourth-order valence-electron chi connectivity index (χ4n) is 1.20. The first kappa shape index (κ1) is 15.7. The van der Waals surface area contributed by atoms with Crippen molar-refractivity contribution < 1.29 is 18.3 Å². The minimum Gasteiger partial charge on any atom is -0.478 e. The van der Waals surface area contributed by atoms with Gasteiger partial charge in [0.15, 0.2) is 0 Å². The zero-order chi connectivity index (χ0) is 14.3. The third kappa shape index (κ3) is 5.41. The second-order valence-electron chi connectivity index (χ2n) is 3.52. The Morgan fingerprint density at radius 1 is 1.53 bits per heavy atom. The molecular formula is C11H14N2O4S2. The zero-order valence-electron chi connectivity index (χ0n) is 10.2. The van der Waals surface area contributed by atoms with Crippen molar-refractivity contribution >= 4 is 33.8 Å². The summed E-state index contributed by atoms with van der Waals surface area (Å²) in [7, 11) is -3.60. The van der Waals surface area contributed by atoms with E-state index in [4.69, 9.17) is 5.11 Å². The summed E-state index contributed by atoms with van der Waals surface area (Å²) in [6.45, 7) is 0.332. The first-order chi connectivity index (χ1) is 8.95. The summed E-state index contributed by atoms with van der Waals surface area (Å²) in [5.74, 6) is -0.433. The fourth-order valence-corrected chi connectivity index (χ4v) is 2.67. The summed E-state index contributed by atoms with van der Waals surface area (Å²) in [5, 5.41) is 8.51. The maximum Gasteiger partial charge on any atom is 0.328 e. The van der Waals surface area contributed by atoms with Gasteiger partial charge >= 0.3 is 5.97 Å². The van der Waals surface area contributed by atoms with Crippen molar-refractivity contribution in [1.29, 1.82) is 0 Å². The maximum atomic E-state index is 11.9. The monoisotopic (exact) mass is 302 g/mol. The Balaban J connectivity index is 2.89. The summed E-state index contributed by atoms with van der Waals surface area (Å²) in [4.78, 5) is 14.2. The van der Waals surface area contributed by atoms with Gasteiger partial charge in [-0.15, -0.1) is 0 Å². The van der Waals surface area contributed by atoms with Crippen molar-refractivity contribution in [2.75, 3.05) is 18.6 Å². The van der Waals surface area contributed by atoms with Gasteiger partial charge in [-0.3, -0.25) is 4.98 Å². The number of hydrogen-bond acceptors (Lipinski definition) is 5. The molecule has 0 aliphatic carbocycles. The van der Waals surface area contributed by atoms with Crippen LogP contribution in [0.1, 0.15) is 5.56 Å². The van der Waals surface area contributed by atoms with Crippen LogP contribution in [0.25, 0.3) is 6.08 Å². The van der Waals surface area contributed by atoms with E-state index in [-0.39, 0.29) is 4.90 Å². The normalized spacial score (nSPS) is 11.8. The van der Waals surface area contributed by atoms with Crippen molar-refractivity contribution in [1.82, 2.24) is 9.71 Å². The lowest BCUT2D eigenvalue weighted by Crippen LogP contribution is -2.26. The Morgan fingerprint density at radius 2 is 2.26 bits per heavy atom. The van der Waals surface area contributed by atoms with Crippen LogP contribution in [0.5, 0.6) is 0 Å². The van der Waals surface area contributed by atoms with Crippen molar-refractivity contribution in [3.63, 3.8) is 0 Å². The number of nitrogens with one attached hydrogen (secondary N) is 1. The zero-order valence-corrected chi connectivity index (χ0v) is 11.9. The quantitative estimate of drug-likeness (QED) is 0.572. The molecule has 0 fully saturated rings. The molecule has 0 saturated heterocycles. The summed E-state index contributed by atoms with van der Waals surface area (Å²) >= 11 is 1.53. The molecular weight excluding hydrogens is 288 g/mol. The number of carbonyl (C=O) groups is 1. The molecule has 0 unspecified atom stereocenters. The molecule has 6 nitrogen and oxygen atoms in total. The third-order valence-corrected chi connectivity index (χ3v) is 4.10. The maximum absolute atomic E-state index is 11.9. The molecule has 1 aromatic rings. The number of aromatic nitrogens is 1. The standard InChI is InChI=1S/C11H14N2O4S2/c1-18-5-4-13-19(16,17)10-6-9(7-12-8-10)2-3-11(14)15/h2-3,6-8,13H,4-5H2,1H3,(H,14,15). The van der Waals surface area contributed by atoms with Gasteiger partial charge in [-0.1, -0.05) is 0 Å². The Kier molecular flexibility index (Phi) is 6.00. The number of rotatable bonds is 7. The molecule has 1 aromatic heterocycles. The van der Waals surface area contributed by atoms with E-state index < -0.39 is 16.0 Å². The van der Waals surface area contributed by atoms with Crippen LogP contribution >= 0.6 is 11.8 Å². The van der Waals surface area contributed by atoms with E-state index in [1.54, 1.807) is 0 Å². The smallest absolute Gasteiger partial charge is 0.328 e. The van der Waals surface area contributed by atoms with Crippen molar-refractivity contribution in [2.24, 2.45) is 0 Å². The second-order valence-corrected chi connectivity index (χ2v) is 6.27. The van der Waals surface area contributed by atoms with E-state index in [2.05, 4.69) is 9.71 Å². The van der Waals surface area contributed by atoms with Crippen LogP contribution in [-0.4, -0.2) is 43.0 Å². The topological polar surface area (TPSA) is 96.4 Å². The molecule has 0 aromatic carbocycles. The van der Waals surface area contributed by atoms with Crippen molar-refractivity contribution in [2.45, 2.75) is 4.90 Å². The lowest BCUT2D eigenvalue weighted by atomic mass is 10.2. The molecule has 0 aliphatic rings. The molecule has 104 valence electrons. The van der Waals surface area contributed by atoms with Gasteiger partial charge in [-0.05, 0) is 24.0 Å². The number of carboxylic acids is 1. The average molecular weight is 302 g/mol. The molecule has 2 N–H and O–H groups in total. The Labute approximate surface area is 116 Å². The molecule has 0 amide bonds. The SMILES string of the molecule is CSCCNS(=O)(=O)c1cncc(C=CC(=O)O)c1. The molecule has 8 heteroatoms. The molecule has 19 heavy (non-hydrogen) atoms. The van der Waals surface area contributed by atoms with Crippen LogP contribution in [0, 0.1) is 0 Å². The number of sulfonamides is 1. The number of thioether (sulfide) groups is 1. The van der Waals surface area contributed by atoms with Gasteiger partial charge in [0.1, 0.15) is 4.90 Å². The van der Waals surface area contributed by atoms with E-state index >= 15 is 0 Å². The Hall–Kier alpha value is -1.38. The van der Waals surface area contributed by atoms with Crippen LogP contribution in [0.4, 0.5) is 0 Å². The van der Waals surface area contributed by atoms with Crippen LogP contribution in [0.2, 0.25) is 0 Å². The first-order valence-corrected chi connectivity index (χ1v) is 8.18. The highest BCUT2D eigenvalue weighted by molar-refractivity contribution is 7.98. The minimum atomic E-state index is -3.60. The highest BCUT2D eigenvalue weighted by atomic mass is 32.2. The van der Waals surface area contributed by atoms with Gasteiger partial charge < -0.3 is 5.11 Å². The lowest BCUT2D eigenvalue weighted by Gasteiger charge is -2.06. The summed E-state index contributed by atoms with van der Waals surface area (Å²) in [6, 6.07) is 1.37. The summed E-state index contributed by atoms with van der Waals surface area (Å²) in [5.41, 5.74) is 0.412. The average Bonchev–Trinajstić information content (AvgIpc) is 2.37. The Bertz CT molecular complexity index is 570. The highest BCUT2D eigenvalue weighted by Crippen LogP contribution is 2.10. The van der Waals surface area contributed by atoms with E-state index in [0.29, 0.717) is 17.9 Å². The molecule has 1 rings (SSSR count). The van der Waals surface area contributed by atoms with Gasteiger partial charge in [-0.2, -0.15) is 11.8 Å². The van der Waals surface area contributed by atoms with Crippen LogP contribution < -0.4 is 4.72 Å². The van der Waals surface area contributed by atoms with Crippen molar-refractivity contribution in [3.05, 3.63) is 30.1 Å². The number of carboxylic acid groups (broad SMARTS) is 1. The van der Waals surface area contributed by atoms with Gasteiger partial charge in [0, 0.05) is 30.8 Å². The predicted octanol–water partition coefficient (Wildman–Crippen LogP) is 0.821. The second kappa shape index (κ2) is 7.27. The number of pyridine rings is 1. The summed E-state index contributed by atoms with van der Waals surface area (Å²) in [6.07, 6.45) is 6.71. The first-order valence-electron chi connectivity index (χ1n) is 5.30. The fraction of sp³-hybridized carbons (Fsp3) is 0.273. The van der Waals surface area contributed by atoms with E-state index in [1.165, 1.54) is 36.3 Å². The van der Waals surface area contributed by atoms with E-state index in [1.807, 2.05) is 6.26 Å². The van der Waals surface area contributed by atoms with Gasteiger partial charge in [0.05, 0.1) is 0 Å². The molecule has 0 atom stereocenters.